The molecule has 3 rings (SSSR count). The summed E-state index contributed by atoms with van der Waals surface area (Å²) in [6.45, 7) is 1.85. The molecule has 0 aliphatic heterocycles. The standard InChI is InChI=1S/C22H18INO3/c1-2-27-22(26)19(20(24)15-10-12-16(23)13-11-15)21(25)18-9-5-7-14-6-3-4-8-17(14)18/h3-13H,2,24H2,1H3/b20-19-. The van der Waals surface area contributed by atoms with Crippen LogP contribution in [0, 0.1) is 3.57 Å². The molecule has 0 saturated heterocycles. The van der Waals surface area contributed by atoms with Gasteiger partial charge in [-0.05, 0) is 58.0 Å². The van der Waals surface area contributed by atoms with E-state index >= 15 is 0 Å². The monoisotopic (exact) mass is 471 g/mol. The first-order valence-electron chi connectivity index (χ1n) is 8.48. The van der Waals surface area contributed by atoms with E-state index in [-0.39, 0.29) is 17.9 Å². The zero-order valence-corrected chi connectivity index (χ0v) is 16.9. The van der Waals surface area contributed by atoms with Crippen LogP contribution in [0.15, 0.2) is 72.3 Å². The van der Waals surface area contributed by atoms with Crippen molar-refractivity contribution in [2.75, 3.05) is 6.61 Å². The normalized spacial score (nSPS) is 11.8. The summed E-state index contributed by atoms with van der Waals surface area (Å²) in [5.74, 6) is -1.16. The van der Waals surface area contributed by atoms with Gasteiger partial charge in [0, 0.05) is 9.13 Å². The first-order chi connectivity index (χ1) is 13.0. The molecule has 0 aliphatic rings. The minimum absolute atomic E-state index is 0.114. The molecule has 0 fully saturated rings. The SMILES string of the molecule is CCOC(=O)/C(C(=O)c1cccc2ccccc12)=C(\N)c1ccc(I)cc1. The van der Waals surface area contributed by atoms with Crippen molar-refractivity contribution in [3.05, 3.63) is 87.0 Å². The van der Waals surface area contributed by atoms with Crippen molar-refractivity contribution in [3.8, 4) is 0 Å². The Morgan fingerprint density at radius 1 is 0.963 bits per heavy atom. The third-order valence-corrected chi connectivity index (χ3v) is 4.88. The predicted octanol–water partition coefficient (Wildman–Crippen LogP) is 4.56. The summed E-state index contributed by atoms with van der Waals surface area (Å²) < 4.78 is 6.16. The fourth-order valence-corrected chi connectivity index (χ4v) is 3.22. The Labute approximate surface area is 171 Å². The fraction of sp³-hybridized carbons (Fsp3) is 0.0909. The highest BCUT2D eigenvalue weighted by molar-refractivity contribution is 14.1. The number of fused-ring (bicyclic) bond motifs is 1. The molecule has 0 unspecified atom stereocenters. The van der Waals surface area contributed by atoms with Crippen LogP contribution in [0.25, 0.3) is 16.5 Å². The lowest BCUT2D eigenvalue weighted by atomic mass is 9.94. The van der Waals surface area contributed by atoms with E-state index in [4.69, 9.17) is 10.5 Å². The maximum Gasteiger partial charge on any atom is 0.344 e. The number of Topliss-reactive ketones (excluding diaryl/α,β-unsaturated/α-hetero) is 1. The molecule has 0 aliphatic carbocycles. The van der Waals surface area contributed by atoms with Gasteiger partial charge >= 0.3 is 5.97 Å². The van der Waals surface area contributed by atoms with Crippen LogP contribution in [0.4, 0.5) is 0 Å². The van der Waals surface area contributed by atoms with Crippen molar-refractivity contribution in [2.24, 2.45) is 5.73 Å². The van der Waals surface area contributed by atoms with E-state index in [1.54, 1.807) is 31.2 Å². The van der Waals surface area contributed by atoms with E-state index in [2.05, 4.69) is 22.6 Å². The fourth-order valence-electron chi connectivity index (χ4n) is 2.86. The zero-order chi connectivity index (χ0) is 19.4. The molecule has 0 bridgehead atoms. The maximum absolute atomic E-state index is 13.3. The third-order valence-electron chi connectivity index (χ3n) is 4.17. The number of hydrogen-bond donors (Lipinski definition) is 1. The van der Waals surface area contributed by atoms with Crippen LogP contribution in [-0.4, -0.2) is 18.4 Å². The Morgan fingerprint density at radius 3 is 2.33 bits per heavy atom. The van der Waals surface area contributed by atoms with Gasteiger partial charge in [0.25, 0.3) is 0 Å². The summed E-state index contributed by atoms with van der Waals surface area (Å²) in [7, 11) is 0. The average molecular weight is 471 g/mol. The summed E-state index contributed by atoms with van der Waals surface area (Å²) in [6.07, 6.45) is 0. The maximum atomic E-state index is 13.3. The highest BCUT2D eigenvalue weighted by Gasteiger charge is 2.26. The molecule has 0 saturated carbocycles. The van der Waals surface area contributed by atoms with Crippen LogP contribution < -0.4 is 5.73 Å². The smallest absolute Gasteiger partial charge is 0.344 e. The number of rotatable bonds is 5. The quantitative estimate of drug-likeness (QED) is 0.148. The topological polar surface area (TPSA) is 69.4 Å². The highest BCUT2D eigenvalue weighted by Crippen LogP contribution is 2.25. The van der Waals surface area contributed by atoms with E-state index < -0.39 is 11.8 Å². The minimum atomic E-state index is -0.716. The van der Waals surface area contributed by atoms with Crippen molar-refractivity contribution in [1.82, 2.24) is 0 Å². The minimum Gasteiger partial charge on any atom is -0.462 e. The first kappa shape index (κ1) is 19.1. The number of hydrogen-bond acceptors (Lipinski definition) is 4. The van der Waals surface area contributed by atoms with Crippen molar-refractivity contribution < 1.29 is 14.3 Å². The zero-order valence-electron chi connectivity index (χ0n) is 14.7. The van der Waals surface area contributed by atoms with Crippen LogP contribution in [0.3, 0.4) is 0 Å². The second-order valence-corrected chi connectivity index (χ2v) is 7.12. The Kier molecular flexibility index (Phi) is 5.91. The molecular formula is C22H18INO3. The number of ether oxygens (including phenoxy) is 1. The van der Waals surface area contributed by atoms with Crippen LogP contribution in [-0.2, 0) is 9.53 Å². The van der Waals surface area contributed by atoms with Crippen molar-refractivity contribution in [3.63, 3.8) is 0 Å². The molecule has 3 aromatic rings. The molecular weight excluding hydrogens is 453 g/mol. The Hall–Kier alpha value is -2.67. The first-order valence-corrected chi connectivity index (χ1v) is 9.56. The van der Waals surface area contributed by atoms with E-state index in [0.29, 0.717) is 11.1 Å². The number of ketones is 1. The van der Waals surface area contributed by atoms with Crippen LogP contribution in [0.1, 0.15) is 22.8 Å². The lowest BCUT2D eigenvalue weighted by molar-refractivity contribution is -0.137. The number of esters is 1. The molecule has 0 aromatic heterocycles. The lowest BCUT2D eigenvalue weighted by Gasteiger charge is -2.12. The number of halogens is 1. The molecule has 136 valence electrons. The molecule has 5 heteroatoms. The molecule has 4 nitrogen and oxygen atoms in total. The molecule has 0 amide bonds. The van der Waals surface area contributed by atoms with Gasteiger partial charge in [0.15, 0.2) is 0 Å². The molecule has 27 heavy (non-hydrogen) atoms. The number of carbonyl (C=O) groups is 2. The summed E-state index contributed by atoms with van der Waals surface area (Å²) >= 11 is 2.18. The van der Waals surface area contributed by atoms with E-state index in [0.717, 1.165) is 14.3 Å². The number of carbonyl (C=O) groups excluding carboxylic acids is 2. The van der Waals surface area contributed by atoms with E-state index in [1.807, 2.05) is 42.5 Å². The highest BCUT2D eigenvalue weighted by atomic mass is 127. The van der Waals surface area contributed by atoms with Gasteiger partial charge in [0.1, 0.15) is 5.57 Å². The predicted molar refractivity (Wildman–Crippen MR) is 115 cm³/mol. The molecule has 0 spiro atoms. The third kappa shape index (κ3) is 4.03. The van der Waals surface area contributed by atoms with Gasteiger partial charge in [-0.3, -0.25) is 4.79 Å². The van der Waals surface area contributed by atoms with E-state index in [9.17, 15) is 9.59 Å². The largest absolute Gasteiger partial charge is 0.462 e. The van der Waals surface area contributed by atoms with Gasteiger partial charge in [0.05, 0.1) is 12.3 Å². The molecule has 0 radical (unpaired) electrons. The van der Waals surface area contributed by atoms with Gasteiger partial charge in [-0.1, -0.05) is 54.6 Å². The second-order valence-electron chi connectivity index (χ2n) is 5.87. The average Bonchev–Trinajstić information content (AvgIpc) is 2.68. The van der Waals surface area contributed by atoms with Gasteiger partial charge in [-0.25, -0.2) is 4.79 Å². The molecule has 3 aromatic carbocycles. The van der Waals surface area contributed by atoms with E-state index in [1.165, 1.54) is 0 Å². The summed E-state index contributed by atoms with van der Waals surface area (Å²) in [5, 5.41) is 1.68. The van der Waals surface area contributed by atoms with Crippen LogP contribution >= 0.6 is 22.6 Å². The van der Waals surface area contributed by atoms with Gasteiger partial charge in [-0.15, -0.1) is 0 Å². The van der Waals surface area contributed by atoms with Crippen molar-refractivity contribution in [1.29, 1.82) is 0 Å². The second kappa shape index (κ2) is 8.35. The molecule has 2 N–H and O–H groups in total. The molecule has 0 heterocycles. The molecule has 0 atom stereocenters. The van der Waals surface area contributed by atoms with Gasteiger partial charge in [-0.2, -0.15) is 0 Å². The summed E-state index contributed by atoms with van der Waals surface area (Å²) in [6, 6.07) is 20.2. The lowest BCUT2D eigenvalue weighted by Crippen LogP contribution is -2.21. The Bertz CT molecular complexity index is 1030. The number of nitrogens with two attached hydrogens (primary N) is 1. The Balaban J connectivity index is 2.18. The summed E-state index contributed by atoms with van der Waals surface area (Å²) in [4.78, 5) is 25.9. The number of benzene rings is 3. The van der Waals surface area contributed by atoms with Crippen molar-refractivity contribution >= 4 is 50.8 Å². The van der Waals surface area contributed by atoms with Gasteiger partial charge in [0.2, 0.25) is 5.78 Å². The Morgan fingerprint density at radius 2 is 1.63 bits per heavy atom. The summed E-state index contributed by atoms with van der Waals surface area (Å²) in [5.41, 5.74) is 7.25. The van der Waals surface area contributed by atoms with Crippen LogP contribution in [0.5, 0.6) is 0 Å². The van der Waals surface area contributed by atoms with Crippen LogP contribution in [0.2, 0.25) is 0 Å². The van der Waals surface area contributed by atoms with Crippen molar-refractivity contribution in [2.45, 2.75) is 6.92 Å². The van der Waals surface area contributed by atoms with Gasteiger partial charge < -0.3 is 10.5 Å².